The first kappa shape index (κ1) is 8.48. The topological polar surface area (TPSA) is 37.8 Å². The van der Waals surface area contributed by atoms with Crippen LogP contribution in [0.25, 0.3) is 0 Å². The maximum atomic E-state index is 11.6. The summed E-state index contributed by atoms with van der Waals surface area (Å²) < 4.78 is 26.7. The van der Waals surface area contributed by atoms with Crippen LogP contribution in [0.2, 0.25) is 0 Å². The largest absolute Gasteiger partial charge is 0.306 e. The second-order valence-corrected chi connectivity index (χ2v) is 2.78. The van der Waals surface area contributed by atoms with Gasteiger partial charge in [-0.2, -0.15) is 0 Å². The Morgan fingerprint density at radius 1 is 1.64 bits per heavy atom. The first-order chi connectivity index (χ1) is 5.29. The average Bonchev–Trinajstić information content (AvgIpc) is 2.39. The molecule has 0 bridgehead atoms. The highest BCUT2D eigenvalue weighted by atomic mass is 32.1. The third-order valence-electron chi connectivity index (χ3n) is 1.00. The number of nitrogens with zero attached hydrogens (tertiary/aromatic N) is 2. The van der Waals surface area contributed by atoms with Gasteiger partial charge in [0.15, 0.2) is 0 Å². The standard InChI is InChI=1S/C5H7F2N3S/c6-5(7)3-8-1-4-2-9-10-11-4/h2,5,8H,1,3H2. The molecule has 0 fully saturated rings. The number of nitrogens with one attached hydrogen (secondary N) is 1. The number of aromatic nitrogens is 2. The molecule has 0 aliphatic carbocycles. The summed E-state index contributed by atoms with van der Waals surface area (Å²) >= 11 is 1.21. The van der Waals surface area contributed by atoms with Gasteiger partial charge in [0.25, 0.3) is 6.43 Å². The van der Waals surface area contributed by atoms with E-state index in [9.17, 15) is 8.78 Å². The van der Waals surface area contributed by atoms with E-state index in [2.05, 4.69) is 14.9 Å². The number of hydrogen-bond donors (Lipinski definition) is 1. The Bertz CT molecular complexity index is 190. The predicted molar refractivity (Wildman–Crippen MR) is 37.6 cm³/mol. The maximum absolute atomic E-state index is 11.6. The molecule has 0 radical (unpaired) electrons. The van der Waals surface area contributed by atoms with E-state index in [0.717, 1.165) is 4.88 Å². The molecule has 1 aromatic heterocycles. The zero-order valence-corrected chi connectivity index (χ0v) is 6.44. The third kappa shape index (κ3) is 3.33. The van der Waals surface area contributed by atoms with Gasteiger partial charge in [0.1, 0.15) is 0 Å². The summed E-state index contributed by atoms with van der Waals surface area (Å²) in [6, 6.07) is 0. The Kier molecular flexibility index (Phi) is 3.31. The molecule has 1 N–H and O–H groups in total. The zero-order chi connectivity index (χ0) is 8.10. The fourth-order valence-electron chi connectivity index (χ4n) is 0.570. The smallest absolute Gasteiger partial charge is 0.250 e. The molecule has 0 amide bonds. The maximum Gasteiger partial charge on any atom is 0.250 e. The minimum atomic E-state index is -2.30. The lowest BCUT2D eigenvalue weighted by Crippen LogP contribution is -2.19. The molecular weight excluding hydrogens is 172 g/mol. The summed E-state index contributed by atoms with van der Waals surface area (Å²) in [7, 11) is 0. The van der Waals surface area contributed by atoms with Crippen molar-refractivity contribution in [1.29, 1.82) is 0 Å². The van der Waals surface area contributed by atoms with Crippen LogP contribution >= 0.6 is 11.5 Å². The van der Waals surface area contributed by atoms with E-state index in [0.29, 0.717) is 6.54 Å². The van der Waals surface area contributed by atoms with E-state index in [-0.39, 0.29) is 6.54 Å². The van der Waals surface area contributed by atoms with E-state index in [1.165, 1.54) is 11.5 Å². The Labute approximate surface area is 66.6 Å². The van der Waals surface area contributed by atoms with Gasteiger partial charge in [0, 0.05) is 6.54 Å². The lowest BCUT2D eigenvalue weighted by Gasteiger charge is -1.98. The fourth-order valence-corrected chi connectivity index (χ4v) is 1.03. The SMILES string of the molecule is FC(F)CNCc1cnns1. The molecule has 0 atom stereocenters. The van der Waals surface area contributed by atoms with Gasteiger partial charge in [-0.25, -0.2) is 8.78 Å². The van der Waals surface area contributed by atoms with Crippen LogP contribution in [-0.2, 0) is 6.54 Å². The Morgan fingerprint density at radius 3 is 3.00 bits per heavy atom. The summed E-state index contributed by atoms with van der Waals surface area (Å²) in [6.07, 6.45) is -0.737. The Morgan fingerprint density at radius 2 is 2.45 bits per heavy atom. The second-order valence-electron chi connectivity index (χ2n) is 1.91. The predicted octanol–water partition coefficient (Wildman–Crippen LogP) is 0.893. The van der Waals surface area contributed by atoms with Crippen molar-refractivity contribution in [1.82, 2.24) is 14.9 Å². The van der Waals surface area contributed by atoms with Crippen molar-refractivity contribution in [2.45, 2.75) is 13.0 Å². The van der Waals surface area contributed by atoms with Crippen LogP contribution in [-0.4, -0.2) is 22.6 Å². The number of rotatable bonds is 4. The molecule has 0 aliphatic heterocycles. The molecule has 0 unspecified atom stereocenters. The highest BCUT2D eigenvalue weighted by Crippen LogP contribution is 2.00. The molecule has 0 aliphatic rings. The van der Waals surface area contributed by atoms with Crippen molar-refractivity contribution in [3.63, 3.8) is 0 Å². The van der Waals surface area contributed by atoms with E-state index >= 15 is 0 Å². The summed E-state index contributed by atoms with van der Waals surface area (Å²) in [5.74, 6) is 0. The Hall–Kier alpha value is -0.620. The van der Waals surface area contributed by atoms with Gasteiger partial charge >= 0.3 is 0 Å². The van der Waals surface area contributed by atoms with Crippen molar-refractivity contribution < 1.29 is 8.78 Å². The monoisotopic (exact) mass is 179 g/mol. The van der Waals surface area contributed by atoms with Crippen LogP contribution in [0.5, 0.6) is 0 Å². The summed E-state index contributed by atoms with van der Waals surface area (Å²) in [5.41, 5.74) is 0. The van der Waals surface area contributed by atoms with Crippen LogP contribution in [0.15, 0.2) is 6.20 Å². The number of halogens is 2. The van der Waals surface area contributed by atoms with Gasteiger partial charge in [0.05, 0.1) is 17.6 Å². The first-order valence-electron chi connectivity index (χ1n) is 3.04. The quantitative estimate of drug-likeness (QED) is 0.746. The van der Waals surface area contributed by atoms with Gasteiger partial charge < -0.3 is 5.32 Å². The summed E-state index contributed by atoms with van der Waals surface area (Å²) in [6.45, 7) is 0.139. The van der Waals surface area contributed by atoms with E-state index in [1.54, 1.807) is 6.20 Å². The molecule has 0 spiro atoms. The molecule has 0 saturated heterocycles. The van der Waals surface area contributed by atoms with Crippen LogP contribution in [0.3, 0.4) is 0 Å². The molecule has 1 heterocycles. The van der Waals surface area contributed by atoms with Gasteiger partial charge in [-0.15, -0.1) is 5.10 Å². The van der Waals surface area contributed by atoms with Gasteiger partial charge in [-0.1, -0.05) is 4.49 Å². The van der Waals surface area contributed by atoms with Crippen molar-refractivity contribution in [2.75, 3.05) is 6.54 Å². The second kappa shape index (κ2) is 4.30. The summed E-state index contributed by atoms with van der Waals surface area (Å²) in [5, 5.41) is 6.13. The van der Waals surface area contributed by atoms with Crippen molar-refractivity contribution >= 4 is 11.5 Å². The highest BCUT2D eigenvalue weighted by molar-refractivity contribution is 7.05. The lowest BCUT2D eigenvalue weighted by molar-refractivity contribution is 0.145. The fraction of sp³-hybridized carbons (Fsp3) is 0.600. The molecule has 0 aromatic carbocycles. The van der Waals surface area contributed by atoms with Crippen molar-refractivity contribution in [2.24, 2.45) is 0 Å². The number of hydrogen-bond acceptors (Lipinski definition) is 4. The van der Waals surface area contributed by atoms with Gasteiger partial charge in [0.2, 0.25) is 0 Å². The molecule has 1 aromatic rings. The third-order valence-corrected chi connectivity index (χ3v) is 1.67. The van der Waals surface area contributed by atoms with E-state index < -0.39 is 6.43 Å². The molecule has 1 rings (SSSR count). The number of alkyl halides is 2. The Balaban J connectivity index is 2.14. The van der Waals surface area contributed by atoms with Crippen LogP contribution in [0, 0.1) is 0 Å². The minimum absolute atomic E-state index is 0.280. The molecule has 62 valence electrons. The zero-order valence-electron chi connectivity index (χ0n) is 5.63. The van der Waals surface area contributed by atoms with Crippen LogP contribution in [0.1, 0.15) is 4.88 Å². The minimum Gasteiger partial charge on any atom is -0.306 e. The molecule has 11 heavy (non-hydrogen) atoms. The average molecular weight is 179 g/mol. The first-order valence-corrected chi connectivity index (χ1v) is 3.81. The lowest BCUT2D eigenvalue weighted by atomic mass is 10.5. The highest BCUT2D eigenvalue weighted by Gasteiger charge is 2.01. The van der Waals surface area contributed by atoms with Crippen molar-refractivity contribution in [3.8, 4) is 0 Å². The normalized spacial score (nSPS) is 10.8. The van der Waals surface area contributed by atoms with E-state index in [1.807, 2.05) is 0 Å². The van der Waals surface area contributed by atoms with E-state index in [4.69, 9.17) is 0 Å². The van der Waals surface area contributed by atoms with Gasteiger partial charge in [-0.05, 0) is 11.5 Å². The van der Waals surface area contributed by atoms with Crippen LogP contribution in [0.4, 0.5) is 8.78 Å². The van der Waals surface area contributed by atoms with Crippen LogP contribution < -0.4 is 5.32 Å². The molecule has 6 heteroatoms. The molecule has 3 nitrogen and oxygen atoms in total. The van der Waals surface area contributed by atoms with Gasteiger partial charge in [-0.3, -0.25) is 0 Å². The molecule has 0 saturated carbocycles. The summed E-state index contributed by atoms with van der Waals surface area (Å²) in [4.78, 5) is 0.866. The molecular formula is C5H7F2N3S. The van der Waals surface area contributed by atoms with Crippen molar-refractivity contribution in [3.05, 3.63) is 11.1 Å².